The van der Waals surface area contributed by atoms with Gasteiger partial charge in [0.05, 0.1) is 16.9 Å². The minimum atomic E-state index is -4.23. The molecule has 4 rings (SSSR count). The number of rotatable bonds is 4. The van der Waals surface area contributed by atoms with Crippen molar-refractivity contribution in [1.82, 2.24) is 14.8 Å². The first-order valence-corrected chi connectivity index (χ1v) is 10.7. The van der Waals surface area contributed by atoms with Crippen LogP contribution in [0.2, 0.25) is 0 Å². The zero-order valence-corrected chi connectivity index (χ0v) is 17.5. The Morgan fingerprint density at radius 2 is 1.73 bits per heavy atom. The summed E-state index contributed by atoms with van der Waals surface area (Å²) in [5, 5.41) is 5.15. The lowest BCUT2D eigenvalue weighted by Gasteiger charge is -2.13. The van der Waals surface area contributed by atoms with Gasteiger partial charge in [-0.2, -0.15) is 18.2 Å². The molecule has 0 aliphatic carbocycles. The maximum atomic E-state index is 13.8. The number of fused-ring (bicyclic) bond motifs is 1. The summed E-state index contributed by atoms with van der Waals surface area (Å²) in [4.78, 5) is 4.14. The molecule has 0 aliphatic heterocycles. The second kappa shape index (κ2) is 7.21. The third-order valence-electron chi connectivity index (χ3n) is 4.56. The molecule has 0 bridgehead atoms. The standard InChI is InChI=1S/C22H20FN3O3S/c1-22(2,3)19-14-20(26(25-19)17-10-5-9-16(23)13-17)29-30(27,28)18-11-4-7-15-8-6-12-24-21(15)18/h4-14H,1-3H3. The molecule has 0 N–H and O–H groups in total. The highest BCUT2D eigenvalue weighted by molar-refractivity contribution is 7.87. The predicted octanol–water partition coefficient (Wildman–Crippen LogP) is 4.62. The van der Waals surface area contributed by atoms with E-state index in [2.05, 4.69) is 10.1 Å². The summed E-state index contributed by atoms with van der Waals surface area (Å²) in [7, 11) is -4.23. The molecule has 0 atom stereocenters. The van der Waals surface area contributed by atoms with Gasteiger partial charge in [-0.15, -0.1) is 0 Å². The highest BCUT2D eigenvalue weighted by Crippen LogP contribution is 2.31. The second-order valence-electron chi connectivity index (χ2n) is 7.88. The van der Waals surface area contributed by atoms with Gasteiger partial charge in [0.1, 0.15) is 10.7 Å². The van der Waals surface area contributed by atoms with Crippen LogP contribution in [0.1, 0.15) is 26.5 Å². The molecular formula is C22H20FN3O3S. The number of aromatic nitrogens is 3. The smallest absolute Gasteiger partial charge is 0.342 e. The monoisotopic (exact) mass is 425 g/mol. The van der Waals surface area contributed by atoms with Crippen LogP contribution in [0.3, 0.4) is 0 Å². The Bertz CT molecular complexity index is 1340. The summed E-state index contributed by atoms with van der Waals surface area (Å²) in [6, 6.07) is 15.6. The number of halogens is 1. The molecule has 0 fully saturated rings. The lowest BCUT2D eigenvalue weighted by molar-refractivity contribution is 0.465. The number of para-hydroxylation sites is 1. The lowest BCUT2D eigenvalue weighted by atomic mass is 9.93. The van der Waals surface area contributed by atoms with Crippen LogP contribution < -0.4 is 4.18 Å². The molecular weight excluding hydrogens is 405 g/mol. The lowest BCUT2D eigenvalue weighted by Crippen LogP contribution is -2.14. The van der Waals surface area contributed by atoms with Gasteiger partial charge in [0.2, 0.25) is 5.88 Å². The number of nitrogens with zero attached hydrogens (tertiary/aromatic N) is 3. The number of pyridine rings is 1. The molecule has 154 valence electrons. The van der Waals surface area contributed by atoms with Crippen molar-refractivity contribution in [3.05, 3.63) is 78.4 Å². The van der Waals surface area contributed by atoms with E-state index >= 15 is 0 Å². The number of benzene rings is 2. The maximum Gasteiger partial charge on any atom is 0.342 e. The van der Waals surface area contributed by atoms with Crippen LogP contribution >= 0.6 is 0 Å². The summed E-state index contributed by atoms with van der Waals surface area (Å²) in [5.74, 6) is -0.495. The van der Waals surface area contributed by atoms with Crippen molar-refractivity contribution in [2.75, 3.05) is 0 Å². The Kier molecular flexibility index (Phi) is 4.82. The maximum absolute atomic E-state index is 13.8. The molecule has 0 saturated carbocycles. The van der Waals surface area contributed by atoms with Crippen LogP contribution in [-0.4, -0.2) is 23.2 Å². The van der Waals surface area contributed by atoms with Crippen molar-refractivity contribution in [1.29, 1.82) is 0 Å². The Balaban J connectivity index is 1.85. The molecule has 2 heterocycles. The van der Waals surface area contributed by atoms with Gasteiger partial charge in [-0.25, -0.2) is 4.39 Å². The van der Waals surface area contributed by atoms with Gasteiger partial charge >= 0.3 is 10.1 Å². The molecule has 8 heteroatoms. The SMILES string of the molecule is CC(C)(C)c1cc(OS(=O)(=O)c2cccc3cccnc23)n(-c2cccc(F)c2)n1. The van der Waals surface area contributed by atoms with E-state index in [1.807, 2.05) is 20.8 Å². The van der Waals surface area contributed by atoms with Crippen molar-refractivity contribution < 1.29 is 17.0 Å². The van der Waals surface area contributed by atoms with Gasteiger partial charge in [-0.1, -0.05) is 45.0 Å². The molecule has 4 aromatic rings. The predicted molar refractivity (Wildman–Crippen MR) is 112 cm³/mol. The first-order valence-electron chi connectivity index (χ1n) is 9.30. The second-order valence-corrected chi connectivity index (χ2v) is 9.39. The number of hydrogen-bond donors (Lipinski definition) is 0. The molecule has 0 spiro atoms. The van der Waals surface area contributed by atoms with E-state index in [1.165, 1.54) is 35.1 Å². The van der Waals surface area contributed by atoms with Crippen LogP contribution in [0, 0.1) is 5.82 Å². The molecule has 2 aromatic heterocycles. The number of hydrogen-bond acceptors (Lipinski definition) is 5. The first kappa shape index (κ1) is 20.0. The van der Waals surface area contributed by atoms with Gasteiger partial charge in [-0.3, -0.25) is 4.98 Å². The average molecular weight is 425 g/mol. The van der Waals surface area contributed by atoms with Crippen LogP contribution in [-0.2, 0) is 15.5 Å². The average Bonchev–Trinajstić information content (AvgIpc) is 3.11. The molecule has 6 nitrogen and oxygen atoms in total. The molecule has 30 heavy (non-hydrogen) atoms. The van der Waals surface area contributed by atoms with E-state index in [9.17, 15) is 12.8 Å². The van der Waals surface area contributed by atoms with Gasteiger partial charge in [0.15, 0.2) is 0 Å². The summed E-state index contributed by atoms with van der Waals surface area (Å²) < 4.78 is 46.9. The van der Waals surface area contributed by atoms with Gasteiger partial charge in [-0.05, 0) is 30.3 Å². The normalized spacial score (nSPS) is 12.3. The van der Waals surface area contributed by atoms with Crippen molar-refractivity contribution >= 4 is 21.0 Å². The summed E-state index contributed by atoms with van der Waals surface area (Å²) in [5.41, 5.74) is 0.897. The fourth-order valence-corrected chi connectivity index (χ4v) is 4.10. The zero-order valence-electron chi connectivity index (χ0n) is 16.7. The molecule has 0 saturated heterocycles. The Morgan fingerprint density at radius 3 is 2.47 bits per heavy atom. The van der Waals surface area contributed by atoms with E-state index in [0.717, 1.165) is 0 Å². The Morgan fingerprint density at radius 1 is 1.00 bits per heavy atom. The molecule has 2 aromatic carbocycles. The molecule has 0 radical (unpaired) electrons. The molecule has 0 aliphatic rings. The van der Waals surface area contributed by atoms with E-state index in [0.29, 0.717) is 22.3 Å². The van der Waals surface area contributed by atoms with Crippen molar-refractivity contribution in [2.45, 2.75) is 31.1 Å². The van der Waals surface area contributed by atoms with Crippen molar-refractivity contribution in [3.8, 4) is 11.6 Å². The van der Waals surface area contributed by atoms with Gasteiger partial charge in [0.25, 0.3) is 0 Å². The minimum absolute atomic E-state index is 0.0292. The quantitative estimate of drug-likeness (QED) is 0.446. The first-order chi connectivity index (χ1) is 14.1. The third-order valence-corrected chi connectivity index (χ3v) is 5.82. The van der Waals surface area contributed by atoms with Crippen molar-refractivity contribution in [2.24, 2.45) is 0 Å². The van der Waals surface area contributed by atoms with Gasteiger partial charge < -0.3 is 4.18 Å². The minimum Gasteiger partial charge on any atom is -0.358 e. The van der Waals surface area contributed by atoms with Crippen LogP contribution in [0.25, 0.3) is 16.6 Å². The van der Waals surface area contributed by atoms with Gasteiger partial charge in [0, 0.05) is 23.1 Å². The van der Waals surface area contributed by atoms with E-state index < -0.39 is 15.9 Å². The molecule has 0 amide bonds. The Labute approximate surface area is 174 Å². The largest absolute Gasteiger partial charge is 0.358 e. The zero-order chi connectivity index (χ0) is 21.5. The summed E-state index contributed by atoms with van der Waals surface area (Å²) in [6.45, 7) is 5.83. The van der Waals surface area contributed by atoms with Crippen LogP contribution in [0.15, 0.2) is 71.8 Å². The summed E-state index contributed by atoms with van der Waals surface area (Å²) >= 11 is 0. The highest BCUT2D eigenvalue weighted by atomic mass is 32.2. The molecule has 0 unspecified atom stereocenters. The van der Waals surface area contributed by atoms with Crippen LogP contribution in [0.4, 0.5) is 4.39 Å². The van der Waals surface area contributed by atoms with E-state index in [-0.39, 0.29) is 16.2 Å². The highest BCUT2D eigenvalue weighted by Gasteiger charge is 2.27. The topological polar surface area (TPSA) is 74.1 Å². The van der Waals surface area contributed by atoms with Crippen molar-refractivity contribution in [3.63, 3.8) is 0 Å². The van der Waals surface area contributed by atoms with Crippen LogP contribution in [0.5, 0.6) is 5.88 Å². The van der Waals surface area contributed by atoms with E-state index in [4.69, 9.17) is 4.18 Å². The van der Waals surface area contributed by atoms with E-state index in [1.54, 1.807) is 36.4 Å². The fourth-order valence-electron chi connectivity index (χ4n) is 3.02. The summed E-state index contributed by atoms with van der Waals surface area (Å²) in [6.07, 6.45) is 1.52. The fraction of sp³-hybridized carbons (Fsp3) is 0.182. The Hall–Kier alpha value is -3.26. The third kappa shape index (κ3) is 3.78.